The molecule has 6 rings (SSSR count). The average Bonchev–Trinajstić information content (AvgIpc) is 3.37. The van der Waals surface area contributed by atoms with E-state index in [4.69, 9.17) is 17.0 Å². The molecule has 0 spiro atoms. The summed E-state index contributed by atoms with van der Waals surface area (Å²) in [5.74, 6) is -0.624. The molecular formula is C43H47F3N6O6S. The van der Waals surface area contributed by atoms with Gasteiger partial charge < -0.3 is 14.7 Å². The summed E-state index contributed by atoms with van der Waals surface area (Å²) in [4.78, 5) is 57.4. The number of aliphatic hydroxyl groups is 1. The molecule has 59 heavy (non-hydrogen) atoms. The fourth-order valence-electron chi connectivity index (χ4n) is 8.04. The van der Waals surface area contributed by atoms with Crippen LogP contribution < -0.4 is 19.9 Å². The molecule has 0 bridgehead atoms. The molecule has 3 aliphatic heterocycles. The van der Waals surface area contributed by atoms with Crippen LogP contribution in [-0.4, -0.2) is 101 Å². The SMILES string of the molecule is CCc1cc(N2C(=S)N(c3ccc(C#N)c(C(F)(F)F)c3)C(=O)C2(C)C)ccc1OCCN1CCN(CC(=O)Cc2cccc(CC3CCC(=O)NC3=O)c2)C[C@@H]1CO. The number of ketones is 1. The minimum absolute atomic E-state index is 0.000627. The number of piperazine rings is 1. The summed E-state index contributed by atoms with van der Waals surface area (Å²) in [6, 6.07) is 17.5. The quantitative estimate of drug-likeness (QED) is 0.170. The Hall–Kier alpha value is -5.21. The summed E-state index contributed by atoms with van der Waals surface area (Å²) >= 11 is 5.71. The molecule has 12 nitrogen and oxygen atoms in total. The molecule has 0 aliphatic carbocycles. The van der Waals surface area contributed by atoms with Gasteiger partial charge in [0.15, 0.2) is 10.9 Å². The van der Waals surface area contributed by atoms with E-state index in [0.29, 0.717) is 69.9 Å². The van der Waals surface area contributed by atoms with Crippen LogP contribution in [0.3, 0.4) is 0 Å². The third-order valence-corrected chi connectivity index (χ3v) is 11.6. The first-order chi connectivity index (χ1) is 28.0. The van der Waals surface area contributed by atoms with Crippen molar-refractivity contribution < 1.29 is 42.2 Å². The van der Waals surface area contributed by atoms with Crippen molar-refractivity contribution in [2.24, 2.45) is 5.92 Å². The summed E-state index contributed by atoms with van der Waals surface area (Å²) < 4.78 is 47.6. The number of nitrogens with one attached hydrogen (secondary N) is 1. The van der Waals surface area contributed by atoms with Gasteiger partial charge in [-0.1, -0.05) is 31.2 Å². The number of aryl methyl sites for hydroxylation is 1. The Morgan fingerprint density at radius 1 is 1.05 bits per heavy atom. The fourth-order valence-corrected chi connectivity index (χ4v) is 8.56. The first kappa shape index (κ1) is 43.4. The van der Waals surface area contributed by atoms with Crippen LogP contribution in [0.2, 0.25) is 0 Å². The van der Waals surface area contributed by atoms with E-state index in [9.17, 15) is 42.7 Å². The van der Waals surface area contributed by atoms with Crippen molar-refractivity contribution in [3.63, 3.8) is 0 Å². The Kier molecular flexibility index (Phi) is 13.2. The number of amides is 3. The molecule has 3 amide bonds. The monoisotopic (exact) mass is 832 g/mol. The van der Waals surface area contributed by atoms with E-state index < -0.39 is 28.7 Å². The van der Waals surface area contributed by atoms with E-state index in [0.717, 1.165) is 33.7 Å². The number of anilines is 2. The number of hydrogen-bond acceptors (Lipinski definition) is 10. The predicted molar refractivity (Wildman–Crippen MR) is 218 cm³/mol. The van der Waals surface area contributed by atoms with Gasteiger partial charge in [0, 0.05) is 56.7 Å². The van der Waals surface area contributed by atoms with Crippen LogP contribution in [0.25, 0.3) is 0 Å². The predicted octanol–water partition coefficient (Wildman–Crippen LogP) is 4.82. The molecule has 3 aliphatic rings. The number of hydrogen-bond donors (Lipinski definition) is 2. The number of nitrogens with zero attached hydrogens (tertiary/aromatic N) is 5. The maximum Gasteiger partial charge on any atom is 0.417 e. The van der Waals surface area contributed by atoms with Crippen molar-refractivity contribution >= 4 is 52.2 Å². The molecule has 3 saturated heterocycles. The average molecular weight is 833 g/mol. The van der Waals surface area contributed by atoms with E-state index in [1.807, 2.05) is 37.3 Å². The van der Waals surface area contributed by atoms with Gasteiger partial charge in [0.25, 0.3) is 5.91 Å². The van der Waals surface area contributed by atoms with E-state index in [-0.39, 0.29) is 59.9 Å². The highest BCUT2D eigenvalue weighted by molar-refractivity contribution is 7.81. The number of carbonyl (C=O) groups excluding carboxylic acids is 4. The number of thiocarbonyl (C=S) groups is 1. The van der Waals surface area contributed by atoms with Crippen LogP contribution in [-0.2, 0) is 44.6 Å². The second-order valence-electron chi connectivity index (χ2n) is 15.6. The van der Waals surface area contributed by atoms with Gasteiger partial charge in [0.2, 0.25) is 11.8 Å². The molecule has 0 aromatic heterocycles. The topological polar surface area (TPSA) is 147 Å². The van der Waals surface area contributed by atoms with E-state index in [2.05, 4.69) is 15.1 Å². The van der Waals surface area contributed by atoms with Gasteiger partial charge in [-0.15, -0.1) is 0 Å². The van der Waals surface area contributed by atoms with Crippen LogP contribution in [0.1, 0.15) is 61.4 Å². The van der Waals surface area contributed by atoms with Crippen LogP contribution in [0.4, 0.5) is 24.5 Å². The maximum absolute atomic E-state index is 13.8. The summed E-state index contributed by atoms with van der Waals surface area (Å²) in [7, 11) is 0. The molecule has 2 N–H and O–H groups in total. The van der Waals surface area contributed by atoms with Gasteiger partial charge in [-0.3, -0.25) is 39.2 Å². The number of ether oxygens (including phenoxy) is 1. The summed E-state index contributed by atoms with van der Waals surface area (Å²) in [6.45, 7) is 7.99. The highest BCUT2D eigenvalue weighted by Gasteiger charge is 2.51. The van der Waals surface area contributed by atoms with Crippen molar-refractivity contribution in [1.29, 1.82) is 5.26 Å². The standard InChI is InChI=1S/C43H47F3N6O6S/c1-4-29-21-33(52-41(59)51(40(57)42(52,2)3)32-10-8-31(23-47)36(22-32)43(44,45)46)11-12-37(29)58-17-16-50-15-14-49(24-34(50)26-53)25-35(54)20-28-7-5-6-27(18-28)19-30-9-13-38(55)48-39(30)56/h5-8,10-12,18,21-22,30,34,53H,4,9,13-17,19-20,24-26H2,1-3H3,(H,48,55,56)/t30?,34-/m1/s1. The Morgan fingerprint density at radius 3 is 2.49 bits per heavy atom. The minimum Gasteiger partial charge on any atom is -0.492 e. The number of imide groups is 1. The fraction of sp³-hybridized carbons (Fsp3) is 0.442. The number of rotatable bonds is 14. The molecule has 3 fully saturated rings. The largest absolute Gasteiger partial charge is 0.492 e. The molecule has 1 unspecified atom stereocenters. The third kappa shape index (κ3) is 9.65. The molecular weight excluding hydrogens is 786 g/mol. The number of nitriles is 1. The van der Waals surface area contributed by atoms with Gasteiger partial charge in [-0.25, -0.2) is 0 Å². The first-order valence-corrected chi connectivity index (χ1v) is 20.0. The van der Waals surface area contributed by atoms with Gasteiger partial charge in [0.05, 0.1) is 36.0 Å². The molecule has 0 radical (unpaired) electrons. The highest BCUT2D eigenvalue weighted by atomic mass is 32.1. The van der Waals surface area contributed by atoms with Crippen molar-refractivity contribution in [2.45, 2.75) is 70.6 Å². The Labute approximate surface area is 346 Å². The molecule has 312 valence electrons. The lowest BCUT2D eigenvalue weighted by molar-refractivity contribution is -0.138. The maximum atomic E-state index is 13.8. The van der Waals surface area contributed by atoms with E-state index in [1.165, 1.54) is 6.07 Å². The minimum atomic E-state index is -4.81. The van der Waals surface area contributed by atoms with E-state index in [1.54, 1.807) is 36.9 Å². The molecule has 0 saturated carbocycles. The van der Waals surface area contributed by atoms with Gasteiger partial charge in [-0.05, 0) is 98.4 Å². The van der Waals surface area contributed by atoms with Crippen LogP contribution in [0.5, 0.6) is 5.75 Å². The van der Waals surface area contributed by atoms with Crippen molar-refractivity contribution in [3.05, 3.63) is 88.5 Å². The zero-order chi connectivity index (χ0) is 42.6. The Morgan fingerprint density at radius 2 is 1.80 bits per heavy atom. The number of carbonyl (C=O) groups is 4. The molecule has 3 heterocycles. The van der Waals surface area contributed by atoms with Gasteiger partial charge in [-0.2, -0.15) is 18.4 Å². The molecule has 3 aromatic rings. The van der Waals surface area contributed by atoms with Crippen molar-refractivity contribution in [1.82, 2.24) is 15.1 Å². The number of halogens is 3. The normalized spacial score (nSPS) is 20.2. The number of aliphatic hydroxyl groups excluding tert-OH is 1. The zero-order valence-electron chi connectivity index (χ0n) is 33.2. The highest BCUT2D eigenvalue weighted by Crippen LogP contribution is 2.40. The number of alkyl halides is 3. The van der Waals surface area contributed by atoms with Crippen LogP contribution in [0.15, 0.2) is 60.7 Å². The van der Waals surface area contributed by atoms with Gasteiger partial charge >= 0.3 is 6.18 Å². The van der Waals surface area contributed by atoms with Crippen LogP contribution in [0, 0.1) is 17.2 Å². The Bertz CT molecular complexity index is 2170. The molecule has 16 heteroatoms. The smallest absolute Gasteiger partial charge is 0.417 e. The molecule has 3 aromatic carbocycles. The lowest BCUT2D eigenvalue weighted by Crippen LogP contribution is -2.56. The van der Waals surface area contributed by atoms with Gasteiger partial charge in [0.1, 0.15) is 17.9 Å². The lowest BCUT2D eigenvalue weighted by atomic mass is 9.90. The third-order valence-electron chi connectivity index (χ3n) is 11.2. The second kappa shape index (κ2) is 18.0. The number of piperidine rings is 1. The molecule has 2 atom stereocenters. The summed E-state index contributed by atoms with van der Waals surface area (Å²) in [5, 5.41) is 21.9. The van der Waals surface area contributed by atoms with Crippen molar-refractivity contribution in [3.8, 4) is 11.8 Å². The summed E-state index contributed by atoms with van der Waals surface area (Å²) in [6.07, 6.45) is -2.65. The second-order valence-corrected chi connectivity index (χ2v) is 16.0. The zero-order valence-corrected chi connectivity index (χ0v) is 34.0. The van der Waals surface area contributed by atoms with Crippen molar-refractivity contribution in [2.75, 3.05) is 55.7 Å². The summed E-state index contributed by atoms with van der Waals surface area (Å²) in [5.41, 5.74) is 0.165. The first-order valence-electron chi connectivity index (χ1n) is 19.6. The van der Waals surface area contributed by atoms with E-state index >= 15 is 0 Å². The number of Topliss-reactive ketones (excluding diaryl/α,β-unsaturated/α-hetero) is 1. The number of benzene rings is 3. The Balaban J connectivity index is 1.03. The van der Waals surface area contributed by atoms with Crippen LogP contribution >= 0.6 is 12.2 Å². The lowest BCUT2D eigenvalue weighted by Gasteiger charge is -2.40.